The number of rotatable bonds is 3. The summed E-state index contributed by atoms with van der Waals surface area (Å²) in [6.07, 6.45) is 0.728. The topological polar surface area (TPSA) is 91.8 Å². The maximum absolute atomic E-state index is 11.8. The van der Waals surface area contributed by atoms with Crippen molar-refractivity contribution >= 4 is 23.3 Å². The summed E-state index contributed by atoms with van der Waals surface area (Å²) in [6, 6.07) is -0.292. The van der Waals surface area contributed by atoms with Gasteiger partial charge in [0, 0.05) is 18.1 Å². The van der Waals surface area contributed by atoms with Crippen molar-refractivity contribution in [1.82, 2.24) is 15.2 Å². The van der Waals surface area contributed by atoms with Gasteiger partial charge in [-0.3, -0.25) is 0 Å². The standard InChI is InChI=1S/C10H13N3O4S/c14-9(15)7-6-13(2-3-17-7)10(16)12-5-8-11-1-4-18-8/h1,4,7H,2-3,5-6H2,(H,12,16)(H,14,15). The van der Waals surface area contributed by atoms with Gasteiger partial charge in [0.15, 0.2) is 6.10 Å². The van der Waals surface area contributed by atoms with Crippen LogP contribution >= 0.6 is 11.3 Å². The fourth-order valence-corrected chi connectivity index (χ4v) is 2.14. The number of hydrogen-bond acceptors (Lipinski definition) is 5. The second-order valence-electron chi connectivity index (χ2n) is 3.73. The molecule has 2 heterocycles. The van der Waals surface area contributed by atoms with Crippen LogP contribution in [0.4, 0.5) is 4.79 Å². The van der Waals surface area contributed by atoms with E-state index in [9.17, 15) is 9.59 Å². The van der Waals surface area contributed by atoms with E-state index in [1.165, 1.54) is 16.2 Å². The molecule has 1 aliphatic heterocycles. The van der Waals surface area contributed by atoms with Gasteiger partial charge in [-0.05, 0) is 0 Å². The highest BCUT2D eigenvalue weighted by atomic mass is 32.1. The molecule has 1 unspecified atom stereocenters. The third-order valence-electron chi connectivity index (χ3n) is 2.50. The molecule has 1 atom stereocenters. The number of carboxylic acid groups (broad SMARTS) is 1. The molecule has 1 aromatic rings. The van der Waals surface area contributed by atoms with Gasteiger partial charge in [-0.1, -0.05) is 0 Å². The number of ether oxygens (including phenoxy) is 1. The molecule has 1 fully saturated rings. The predicted molar refractivity (Wildman–Crippen MR) is 63.3 cm³/mol. The minimum absolute atomic E-state index is 0.0685. The highest BCUT2D eigenvalue weighted by Gasteiger charge is 2.28. The highest BCUT2D eigenvalue weighted by Crippen LogP contribution is 2.07. The molecular weight excluding hydrogens is 258 g/mol. The Morgan fingerprint density at radius 2 is 2.50 bits per heavy atom. The first-order chi connectivity index (χ1) is 8.66. The quantitative estimate of drug-likeness (QED) is 0.815. The number of aliphatic carboxylic acids is 1. The molecule has 0 radical (unpaired) electrons. The Bertz CT molecular complexity index is 423. The van der Waals surface area contributed by atoms with Crippen molar-refractivity contribution in [2.24, 2.45) is 0 Å². The number of amides is 2. The Balaban J connectivity index is 1.83. The van der Waals surface area contributed by atoms with Gasteiger partial charge in [-0.15, -0.1) is 11.3 Å². The lowest BCUT2D eigenvalue weighted by Gasteiger charge is -2.30. The summed E-state index contributed by atoms with van der Waals surface area (Å²) in [5.74, 6) is -1.05. The van der Waals surface area contributed by atoms with Crippen LogP contribution in [0, 0.1) is 0 Å². The summed E-state index contributed by atoms with van der Waals surface area (Å²) >= 11 is 1.45. The van der Waals surface area contributed by atoms with Gasteiger partial charge in [0.1, 0.15) is 5.01 Å². The fraction of sp³-hybridized carbons (Fsp3) is 0.500. The minimum atomic E-state index is -1.05. The summed E-state index contributed by atoms with van der Waals surface area (Å²) in [6.45, 7) is 1.06. The van der Waals surface area contributed by atoms with Crippen LogP contribution in [0.2, 0.25) is 0 Å². The van der Waals surface area contributed by atoms with E-state index >= 15 is 0 Å². The van der Waals surface area contributed by atoms with E-state index in [1.807, 2.05) is 5.38 Å². The zero-order chi connectivity index (χ0) is 13.0. The van der Waals surface area contributed by atoms with Gasteiger partial charge in [-0.2, -0.15) is 0 Å². The number of urea groups is 1. The molecule has 0 spiro atoms. The molecule has 0 aromatic carbocycles. The Labute approximate surface area is 107 Å². The average Bonchev–Trinajstić information content (AvgIpc) is 2.89. The normalized spacial score (nSPS) is 19.6. The number of carboxylic acids is 1. The molecular formula is C10H13N3O4S. The first-order valence-corrected chi connectivity index (χ1v) is 6.30. The van der Waals surface area contributed by atoms with Gasteiger partial charge in [0.05, 0.1) is 19.7 Å². The van der Waals surface area contributed by atoms with Crippen molar-refractivity contribution in [3.05, 3.63) is 16.6 Å². The molecule has 1 aromatic heterocycles. The lowest BCUT2D eigenvalue weighted by atomic mass is 10.3. The molecule has 2 rings (SSSR count). The van der Waals surface area contributed by atoms with Crippen LogP contribution in [0.15, 0.2) is 11.6 Å². The number of aromatic nitrogens is 1. The Morgan fingerprint density at radius 3 is 3.17 bits per heavy atom. The van der Waals surface area contributed by atoms with Crippen molar-refractivity contribution in [3.8, 4) is 0 Å². The van der Waals surface area contributed by atoms with E-state index in [4.69, 9.17) is 9.84 Å². The van der Waals surface area contributed by atoms with Crippen LogP contribution < -0.4 is 5.32 Å². The second kappa shape index (κ2) is 5.78. The molecule has 8 heteroatoms. The minimum Gasteiger partial charge on any atom is -0.479 e. The lowest BCUT2D eigenvalue weighted by molar-refractivity contribution is -0.154. The van der Waals surface area contributed by atoms with Crippen LogP contribution in [-0.2, 0) is 16.1 Å². The molecule has 1 aliphatic rings. The van der Waals surface area contributed by atoms with Crippen LogP contribution in [0.5, 0.6) is 0 Å². The van der Waals surface area contributed by atoms with Crippen molar-refractivity contribution < 1.29 is 19.4 Å². The maximum atomic E-state index is 11.8. The number of nitrogens with one attached hydrogen (secondary N) is 1. The average molecular weight is 271 g/mol. The van der Waals surface area contributed by atoms with E-state index < -0.39 is 12.1 Å². The molecule has 1 saturated heterocycles. The molecule has 18 heavy (non-hydrogen) atoms. The second-order valence-corrected chi connectivity index (χ2v) is 4.71. The molecule has 2 amide bonds. The van der Waals surface area contributed by atoms with E-state index in [2.05, 4.69) is 10.3 Å². The summed E-state index contributed by atoms with van der Waals surface area (Å²) in [5, 5.41) is 14.2. The van der Waals surface area contributed by atoms with Gasteiger partial charge >= 0.3 is 12.0 Å². The predicted octanol–water partition coefficient (Wildman–Crippen LogP) is 0.138. The van der Waals surface area contributed by atoms with Crippen molar-refractivity contribution in [3.63, 3.8) is 0 Å². The molecule has 0 bridgehead atoms. The largest absolute Gasteiger partial charge is 0.479 e. The molecule has 2 N–H and O–H groups in total. The molecule has 0 saturated carbocycles. The van der Waals surface area contributed by atoms with E-state index in [0.717, 1.165) is 5.01 Å². The van der Waals surface area contributed by atoms with Crippen molar-refractivity contribution in [2.45, 2.75) is 12.6 Å². The van der Waals surface area contributed by atoms with E-state index in [-0.39, 0.29) is 19.2 Å². The van der Waals surface area contributed by atoms with Crippen LogP contribution in [-0.4, -0.2) is 52.8 Å². The van der Waals surface area contributed by atoms with Crippen LogP contribution in [0.25, 0.3) is 0 Å². The lowest BCUT2D eigenvalue weighted by Crippen LogP contribution is -2.51. The number of hydrogen-bond donors (Lipinski definition) is 2. The Kier molecular flexibility index (Phi) is 4.11. The highest BCUT2D eigenvalue weighted by molar-refractivity contribution is 7.09. The zero-order valence-electron chi connectivity index (χ0n) is 9.54. The first kappa shape index (κ1) is 12.8. The summed E-state index contributed by atoms with van der Waals surface area (Å²) < 4.78 is 5.04. The molecule has 7 nitrogen and oxygen atoms in total. The van der Waals surface area contributed by atoms with Gasteiger partial charge in [0.2, 0.25) is 0 Å². The summed E-state index contributed by atoms with van der Waals surface area (Å²) in [5.41, 5.74) is 0. The van der Waals surface area contributed by atoms with E-state index in [1.54, 1.807) is 6.20 Å². The summed E-state index contributed by atoms with van der Waals surface area (Å²) in [7, 11) is 0. The van der Waals surface area contributed by atoms with Gasteiger partial charge in [-0.25, -0.2) is 14.6 Å². The maximum Gasteiger partial charge on any atom is 0.334 e. The smallest absolute Gasteiger partial charge is 0.334 e. The summed E-state index contributed by atoms with van der Waals surface area (Å²) in [4.78, 5) is 28.1. The zero-order valence-corrected chi connectivity index (χ0v) is 10.4. The van der Waals surface area contributed by atoms with Gasteiger partial charge in [0.25, 0.3) is 0 Å². The van der Waals surface area contributed by atoms with Crippen LogP contribution in [0.1, 0.15) is 5.01 Å². The number of nitrogens with zero attached hydrogens (tertiary/aromatic N) is 2. The number of morpholine rings is 1. The SMILES string of the molecule is O=C(O)C1CN(C(=O)NCc2nccs2)CCO1. The first-order valence-electron chi connectivity index (χ1n) is 5.42. The monoisotopic (exact) mass is 271 g/mol. The Hall–Kier alpha value is -1.67. The van der Waals surface area contributed by atoms with Gasteiger partial charge < -0.3 is 20.1 Å². The molecule has 98 valence electrons. The van der Waals surface area contributed by atoms with E-state index in [0.29, 0.717) is 13.1 Å². The third-order valence-corrected chi connectivity index (χ3v) is 3.28. The fourth-order valence-electron chi connectivity index (χ4n) is 1.59. The Morgan fingerprint density at radius 1 is 1.67 bits per heavy atom. The number of carbonyl (C=O) groups is 2. The number of carbonyl (C=O) groups excluding carboxylic acids is 1. The van der Waals surface area contributed by atoms with Crippen LogP contribution in [0.3, 0.4) is 0 Å². The third kappa shape index (κ3) is 3.17. The van der Waals surface area contributed by atoms with Crippen molar-refractivity contribution in [1.29, 1.82) is 0 Å². The molecule has 0 aliphatic carbocycles. The van der Waals surface area contributed by atoms with Crippen molar-refractivity contribution in [2.75, 3.05) is 19.7 Å². The number of thiazole rings is 1.